The molecule has 1 aliphatic rings. The van der Waals surface area contributed by atoms with Crippen molar-refractivity contribution < 1.29 is 0 Å². The Bertz CT molecular complexity index is 518. The van der Waals surface area contributed by atoms with Crippen molar-refractivity contribution in [1.82, 2.24) is 15.5 Å². The molecule has 0 spiro atoms. The van der Waals surface area contributed by atoms with Gasteiger partial charge in [-0.3, -0.25) is 5.10 Å². The number of nitrogens with zero attached hydrogens (tertiary/aromatic N) is 1. The van der Waals surface area contributed by atoms with Gasteiger partial charge in [-0.05, 0) is 30.2 Å². The Labute approximate surface area is 124 Å². The number of hydrogen-bond donors (Lipinski definition) is 2. The molecule has 2 atom stereocenters. The maximum absolute atomic E-state index is 4.22. The second-order valence-corrected chi connectivity index (χ2v) is 6.64. The Kier molecular flexibility index (Phi) is 4.53. The van der Waals surface area contributed by atoms with Gasteiger partial charge in [0.05, 0.1) is 16.8 Å². The minimum absolute atomic E-state index is 0.680. The Morgan fingerprint density at radius 3 is 3.10 bits per heavy atom. The van der Waals surface area contributed by atoms with Gasteiger partial charge < -0.3 is 5.32 Å². The molecule has 4 heteroatoms. The Morgan fingerprint density at radius 2 is 2.30 bits per heavy atom. The predicted molar refractivity (Wildman–Crippen MR) is 84.8 cm³/mol. The van der Waals surface area contributed by atoms with E-state index in [-0.39, 0.29) is 0 Å². The summed E-state index contributed by atoms with van der Waals surface area (Å²) in [5, 5.41) is 13.2. The minimum Gasteiger partial charge on any atom is -0.310 e. The van der Waals surface area contributed by atoms with E-state index in [4.69, 9.17) is 0 Å². The van der Waals surface area contributed by atoms with E-state index in [1.54, 1.807) is 11.3 Å². The first-order valence-corrected chi connectivity index (χ1v) is 8.56. The largest absolute Gasteiger partial charge is 0.310 e. The average molecular weight is 289 g/mol. The third kappa shape index (κ3) is 2.96. The molecular weight excluding hydrogens is 266 g/mol. The molecule has 2 N–H and O–H groups in total. The number of H-pyrrole nitrogens is 1. The average Bonchev–Trinajstić information content (AvgIpc) is 3.15. The highest BCUT2D eigenvalue weighted by Crippen LogP contribution is 2.29. The number of aromatic amines is 1. The van der Waals surface area contributed by atoms with E-state index in [9.17, 15) is 0 Å². The molecule has 20 heavy (non-hydrogen) atoms. The fourth-order valence-corrected chi connectivity index (χ4v) is 4.04. The van der Waals surface area contributed by atoms with Crippen LogP contribution in [0.2, 0.25) is 0 Å². The topological polar surface area (TPSA) is 40.7 Å². The van der Waals surface area contributed by atoms with Crippen LogP contribution in [-0.2, 0) is 6.54 Å². The summed E-state index contributed by atoms with van der Waals surface area (Å²) in [5.74, 6) is 0.848. The quantitative estimate of drug-likeness (QED) is 0.866. The molecule has 1 aliphatic carbocycles. The van der Waals surface area contributed by atoms with Crippen molar-refractivity contribution >= 4 is 11.3 Å². The number of nitrogens with one attached hydrogen (secondary N) is 2. The number of thiophene rings is 1. The smallest absolute Gasteiger partial charge is 0.0794 e. The van der Waals surface area contributed by atoms with Crippen LogP contribution in [0.1, 0.15) is 44.6 Å². The lowest BCUT2D eigenvalue weighted by atomic mass is 9.83. The van der Waals surface area contributed by atoms with Gasteiger partial charge in [-0.2, -0.15) is 5.10 Å². The first-order valence-electron chi connectivity index (χ1n) is 7.68. The maximum atomic E-state index is 4.22. The van der Waals surface area contributed by atoms with Crippen molar-refractivity contribution in [3.8, 4) is 10.6 Å². The van der Waals surface area contributed by atoms with Crippen molar-refractivity contribution in [1.29, 1.82) is 0 Å². The molecule has 0 aromatic carbocycles. The van der Waals surface area contributed by atoms with E-state index in [1.165, 1.54) is 48.2 Å². The van der Waals surface area contributed by atoms with E-state index >= 15 is 0 Å². The van der Waals surface area contributed by atoms with Gasteiger partial charge in [-0.15, -0.1) is 11.3 Å². The highest BCUT2D eigenvalue weighted by molar-refractivity contribution is 7.13. The predicted octanol–water partition coefficient (Wildman–Crippen LogP) is 4.20. The molecule has 0 aliphatic heterocycles. The molecule has 3 rings (SSSR count). The van der Waals surface area contributed by atoms with Crippen molar-refractivity contribution in [2.75, 3.05) is 0 Å². The standard InChI is InChI=1S/C16H23N3S/c1-2-12-6-3-4-7-14(12)17-10-13-11-18-19-16(13)15-8-5-9-20-15/h5,8-9,11-12,14,17H,2-4,6-7,10H2,1H3,(H,18,19). The van der Waals surface area contributed by atoms with Gasteiger partial charge in [0.2, 0.25) is 0 Å². The van der Waals surface area contributed by atoms with E-state index in [0.717, 1.165) is 12.5 Å². The Hall–Kier alpha value is -1.13. The van der Waals surface area contributed by atoms with Crippen molar-refractivity contribution in [3.63, 3.8) is 0 Å². The van der Waals surface area contributed by atoms with E-state index < -0.39 is 0 Å². The van der Waals surface area contributed by atoms with Crippen molar-refractivity contribution in [2.45, 2.75) is 51.6 Å². The van der Waals surface area contributed by atoms with Gasteiger partial charge in [-0.1, -0.05) is 32.3 Å². The maximum Gasteiger partial charge on any atom is 0.0794 e. The molecule has 2 heterocycles. The van der Waals surface area contributed by atoms with Crippen LogP contribution in [0, 0.1) is 5.92 Å². The van der Waals surface area contributed by atoms with E-state index in [2.05, 4.69) is 40.0 Å². The van der Waals surface area contributed by atoms with Crippen LogP contribution in [0.5, 0.6) is 0 Å². The van der Waals surface area contributed by atoms with Gasteiger partial charge in [0.1, 0.15) is 0 Å². The third-order valence-corrected chi connectivity index (χ3v) is 5.36. The first kappa shape index (κ1) is 13.8. The van der Waals surface area contributed by atoms with Gasteiger partial charge in [0, 0.05) is 18.2 Å². The summed E-state index contributed by atoms with van der Waals surface area (Å²) in [4.78, 5) is 1.27. The van der Waals surface area contributed by atoms with E-state index in [1.807, 2.05) is 6.20 Å². The number of rotatable bonds is 5. The summed E-state index contributed by atoms with van der Waals surface area (Å²) in [5.41, 5.74) is 2.46. The fraction of sp³-hybridized carbons (Fsp3) is 0.562. The second kappa shape index (κ2) is 6.55. The normalized spacial score (nSPS) is 23.1. The molecule has 0 radical (unpaired) electrons. The molecule has 0 amide bonds. The zero-order valence-corrected chi connectivity index (χ0v) is 12.9. The highest BCUT2D eigenvalue weighted by Gasteiger charge is 2.23. The first-order chi connectivity index (χ1) is 9.88. The number of aromatic nitrogens is 2. The molecule has 2 aromatic heterocycles. The molecule has 0 saturated heterocycles. The molecule has 3 nitrogen and oxygen atoms in total. The summed E-state index contributed by atoms with van der Waals surface area (Å²) < 4.78 is 0. The van der Waals surface area contributed by atoms with Crippen LogP contribution in [-0.4, -0.2) is 16.2 Å². The zero-order chi connectivity index (χ0) is 13.8. The Balaban J connectivity index is 1.65. The molecular formula is C16H23N3S. The summed E-state index contributed by atoms with van der Waals surface area (Å²) in [6.07, 6.45) is 8.74. The molecule has 1 fully saturated rings. The zero-order valence-electron chi connectivity index (χ0n) is 12.1. The summed E-state index contributed by atoms with van der Waals surface area (Å²) in [6, 6.07) is 4.92. The van der Waals surface area contributed by atoms with Gasteiger partial charge in [-0.25, -0.2) is 0 Å². The van der Waals surface area contributed by atoms with Crippen LogP contribution in [0.15, 0.2) is 23.7 Å². The van der Waals surface area contributed by atoms with E-state index in [0.29, 0.717) is 6.04 Å². The summed E-state index contributed by atoms with van der Waals surface area (Å²) >= 11 is 1.76. The van der Waals surface area contributed by atoms with Crippen LogP contribution in [0.3, 0.4) is 0 Å². The fourth-order valence-electron chi connectivity index (χ4n) is 3.29. The molecule has 2 aromatic rings. The van der Waals surface area contributed by atoms with Crippen LogP contribution < -0.4 is 5.32 Å². The lowest BCUT2D eigenvalue weighted by Crippen LogP contribution is -2.37. The van der Waals surface area contributed by atoms with Gasteiger partial charge in [0.15, 0.2) is 0 Å². The van der Waals surface area contributed by atoms with Crippen molar-refractivity contribution in [2.24, 2.45) is 5.92 Å². The molecule has 0 bridgehead atoms. The van der Waals surface area contributed by atoms with Gasteiger partial charge >= 0.3 is 0 Å². The summed E-state index contributed by atoms with van der Waals surface area (Å²) in [7, 11) is 0. The monoisotopic (exact) mass is 289 g/mol. The molecule has 2 unspecified atom stereocenters. The second-order valence-electron chi connectivity index (χ2n) is 5.69. The van der Waals surface area contributed by atoms with Crippen LogP contribution in [0.4, 0.5) is 0 Å². The SMILES string of the molecule is CCC1CCCCC1NCc1cn[nH]c1-c1cccs1. The summed E-state index contributed by atoms with van der Waals surface area (Å²) in [6.45, 7) is 3.24. The molecule has 1 saturated carbocycles. The lowest BCUT2D eigenvalue weighted by Gasteiger charge is -2.31. The Morgan fingerprint density at radius 1 is 1.40 bits per heavy atom. The third-order valence-electron chi connectivity index (χ3n) is 4.47. The molecule has 108 valence electrons. The highest BCUT2D eigenvalue weighted by atomic mass is 32.1. The minimum atomic E-state index is 0.680. The van der Waals surface area contributed by atoms with Crippen LogP contribution >= 0.6 is 11.3 Å². The van der Waals surface area contributed by atoms with Crippen molar-refractivity contribution in [3.05, 3.63) is 29.3 Å². The number of hydrogen-bond acceptors (Lipinski definition) is 3. The van der Waals surface area contributed by atoms with Crippen LogP contribution in [0.25, 0.3) is 10.6 Å². The lowest BCUT2D eigenvalue weighted by molar-refractivity contribution is 0.254. The van der Waals surface area contributed by atoms with Gasteiger partial charge in [0.25, 0.3) is 0 Å².